The Balaban J connectivity index is 2.30. The van der Waals surface area contributed by atoms with E-state index in [-0.39, 0.29) is 5.91 Å². The predicted molar refractivity (Wildman–Crippen MR) is 62.7 cm³/mol. The lowest BCUT2D eigenvalue weighted by Gasteiger charge is -2.23. The molecule has 0 unspecified atom stereocenters. The molecule has 3 heteroatoms. The zero-order valence-electron chi connectivity index (χ0n) is 10.0. The van der Waals surface area contributed by atoms with E-state index >= 15 is 0 Å². The number of rotatable bonds is 4. The van der Waals surface area contributed by atoms with Crippen molar-refractivity contribution in [1.82, 2.24) is 10.6 Å². The fourth-order valence-electron chi connectivity index (χ4n) is 2.39. The van der Waals surface area contributed by atoms with Crippen molar-refractivity contribution in [2.45, 2.75) is 51.5 Å². The molecule has 15 heavy (non-hydrogen) atoms. The molecular formula is C12H24N2O. The normalized spacial score (nSPS) is 20.7. The molecule has 1 atom stereocenters. The fourth-order valence-corrected chi connectivity index (χ4v) is 2.39. The smallest absolute Gasteiger partial charge is 0.234 e. The van der Waals surface area contributed by atoms with Gasteiger partial charge in [0, 0.05) is 6.04 Å². The molecule has 0 aromatic carbocycles. The van der Waals surface area contributed by atoms with Gasteiger partial charge in [0.1, 0.15) is 0 Å². The van der Waals surface area contributed by atoms with Gasteiger partial charge in [0.2, 0.25) is 5.91 Å². The van der Waals surface area contributed by atoms with E-state index in [1.54, 1.807) is 7.05 Å². The monoisotopic (exact) mass is 212 g/mol. The maximum atomic E-state index is 11.4. The molecule has 0 saturated heterocycles. The van der Waals surface area contributed by atoms with Crippen molar-refractivity contribution in [3.8, 4) is 0 Å². The Bertz CT molecular complexity index is 186. The van der Waals surface area contributed by atoms with Crippen LogP contribution >= 0.6 is 0 Å². The Kier molecular flexibility index (Phi) is 5.69. The van der Waals surface area contributed by atoms with Crippen LogP contribution < -0.4 is 10.6 Å². The van der Waals surface area contributed by atoms with Crippen molar-refractivity contribution in [2.75, 3.05) is 13.6 Å². The van der Waals surface area contributed by atoms with Crippen molar-refractivity contribution in [2.24, 2.45) is 5.92 Å². The van der Waals surface area contributed by atoms with Gasteiger partial charge in [-0.2, -0.15) is 0 Å². The molecule has 1 saturated carbocycles. The molecule has 1 fully saturated rings. The average Bonchev–Trinajstić information content (AvgIpc) is 2.45. The number of amides is 1. The number of nitrogens with one attached hydrogen (secondary N) is 2. The minimum atomic E-state index is 0.120. The zero-order valence-corrected chi connectivity index (χ0v) is 10.0. The first kappa shape index (κ1) is 12.5. The molecule has 0 spiro atoms. The highest BCUT2D eigenvalue weighted by Gasteiger charge is 2.19. The van der Waals surface area contributed by atoms with Gasteiger partial charge < -0.3 is 10.6 Å². The standard InChI is InChI=1S/C12H24N2O/c1-10(14-12(15)9-13-2)11-7-5-3-4-6-8-11/h10-11,13H,3-9H2,1-2H3,(H,14,15)/t10-/m1/s1. The first-order valence-corrected chi connectivity index (χ1v) is 6.18. The van der Waals surface area contributed by atoms with Gasteiger partial charge in [-0.15, -0.1) is 0 Å². The third-order valence-corrected chi connectivity index (χ3v) is 3.33. The van der Waals surface area contributed by atoms with E-state index in [2.05, 4.69) is 17.6 Å². The van der Waals surface area contributed by atoms with E-state index in [1.807, 2.05) is 0 Å². The number of carbonyl (C=O) groups excluding carboxylic acids is 1. The zero-order chi connectivity index (χ0) is 11.1. The van der Waals surface area contributed by atoms with Gasteiger partial charge in [-0.1, -0.05) is 25.7 Å². The van der Waals surface area contributed by atoms with Crippen molar-refractivity contribution >= 4 is 5.91 Å². The minimum absolute atomic E-state index is 0.120. The van der Waals surface area contributed by atoms with Crippen LogP contribution in [0.15, 0.2) is 0 Å². The van der Waals surface area contributed by atoms with E-state index < -0.39 is 0 Å². The van der Waals surface area contributed by atoms with Crippen LogP contribution in [0.1, 0.15) is 45.4 Å². The van der Waals surface area contributed by atoms with Gasteiger partial charge in [0.25, 0.3) is 0 Å². The second kappa shape index (κ2) is 6.83. The number of hydrogen-bond donors (Lipinski definition) is 2. The largest absolute Gasteiger partial charge is 0.352 e. The molecule has 1 aliphatic carbocycles. The fraction of sp³-hybridized carbons (Fsp3) is 0.917. The molecule has 0 radical (unpaired) electrons. The molecule has 88 valence electrons. The topological polar surface area (TPSA) is 41.1 Å². The van der Waals surface area contributed by atoms with Gasteiger partial charge in [-0.3, -0.25) is 4.79 Å². The molecule has 0 bridgehead atoms. The maximum absolute atomic E-state index is 11.4. The summed E-state index contributed by atoms with van der Waals surface area (Å²) in [6.45, 7) is 2.57. The molecule has 0 heterocycles. The summed E-state index contributed by atoms with van der Waals surface area (Å²) >= 11 is 0. The van der Waals surface area contributed by atoms with Crippen LogP contribution in [0.25, 0.3) is 0 Å². The van der Waals surface area contributed by atoms with Gasteiger partial charge in [0.05, 0.1) is 6.54 Å². The van der Waals surface area contributed by atoms with E-state index in [0.717, 1.165) is 0 Å². The molecule has 0 aromatic rings. The third-order valence-electron chi connectivity index (χ3n) is 3.33. The molecule has 0 aromatic heterocycles. The summed E-state index contributed by atoms with van der Waals surface area (Å²) in [5.41, 5.74) is 0. The Morgan fingerprint density at radius 1 is 1.27 bits per heavy atom. The molecular weight excluding hydrogens is 188 g/mol. The maximum Gasteiger partial charge on any atom is 0.234 e. The van der Waals surface area contributed by atoms with Crippen molar-refractivity contribution in [1.29, 1.82) is 0 Å². The summed E-state index contributed by atoms with van der Waals surface area (Å²) in [4.78, 5) is 11.4. The van der Waals surface area contributed by atoms with Crippen LogP contribution in [-0.4, -0.2) is 25.5 Å². The molecule has 0 aliphatic heterocycles. The molecule has 1 amide bonds. The lowest BCUT2D eigenvalue weighted by atomic mass is 9.93. The predicted octanol–water partition coefficient (Wildman–Crippen LogP) is 1.68. The Morgan fingerprint density at radius 2 is 1.87 bits per heavy atom. The minimum Gasteiger partial charge on any atom is -0.352 e. The summed E-state index contributed by atoms with van der Waals surface area (Å²) in [6, 6.07) is 0.337. The summed E-state index contributed by atoms with van der Waals surface area (Å²) < 4.78 is 0. The van der Waals surface area contributed by atoms with Crippen LogP contribution in [-0.2, 0) is 4.79 Å². The van der Waals surface area contributed by atoms with Gasteiger partial charge in [-0.25, -0.2) is 0 Å². The van der Waals surface area contributed by atoms with Crippen LogP contribution in [0.3, 0.4) is 0 Å². The van der Waals surface area contributed by atoms with E-state index in [0.29, 0.717) is 18.5 Å². The van der Waals surface area contributed by atoms with E-state index in [9.17, 15) is 4.79 Å². The lowest BCUT2D eigenvalue weighted by molar-refractivity contribution is -0.121. The van der Waals surface area contributed by atoms with Crippen molar-refractivity contribution in [3.05, 3.63) is 0 Å². The molecule has 3 nitrogen and oxygen atoms in total. The van der Waals surface area contributed by atoms with Crippen molar-refractivity contribution < 1.29 is 4.79 Å². The molecule has 2 N–H and O–H groups in total. The summed E-state index contributed by atoms with van der Waals surface area (Å²) in [6.07, 6.45) is 7.96. The average molecular weight is 212 g/mol. The molecule has 1 rings (SSSR count). The first-order chi connectivity index (χ1) is 7.24. The van der Waals surface area contributed by atoms with E-state index in [4.69, 9.17) is 0 Å². The van der Waals surface area contributed by atoms with Gasteiger partial charge in [0.15, 0.2) is 0 Å². The van der Waals surface area contributed by atoms with Crippen LogP contribution in [0.2, 0.25) is 0 Å². The number of carbonyl (C=O) groups is 1. The summed E-state index contributed by atoms with van der Waals surface area (Å²) in [5.74, 6) is 0.808. The number of likely N-dealkylation sites (N-methyl/N-ethyl adjacent to an activating group) is 1. The number of hydrogen-bond acceptors (Lipinski definition) is 2. The Morgan fingerprint density at radius 3 is 2.40 bits per heavy atom. The second-order valence-corrected chi connectivity index (χ2v) is 4.64. The van der Waals surface area contributed by atoms with Gasteiger partial charge in [-0.05, 0) is 32.7 Å². The second-order valence-electron chi connectivity index (χ2n) is 4.64. The highest BCUT2D eigenvalue weighted by atomic mass is 16.1. The van der Waals surface area contributed by atoms with Crippen LogP contribution in [0, 0.1) is 5.92 Å². The van der Waals surface area contributed by atoms with Crippen molar-refractivity contribution in [3.63, 3.8) is 0 Å². The highest BCUT2D eigenvalue weighted by Crippen LogP contribution is 2.25. The van der Waals surface area contributed by atoms with E-state index in [1.165, 1.54) is 38.5 Å². The lowest BCUT2D eigenvalue weighted by Crippen LogP contribution is -2.41. The summed E-state index contributed by atoms with van der Waals surface area (Å²) in [5, 5.41) is 5.95. The Hall–Kier alpha value is -0.570. The first-order valence-electron chi connectivity index (χ1n) is 6.18. The van der Waals surface area contributed by atoms with Crippen LogP contribution in [0.4, 0.5) is 0 Å². The SMILES string of the molecule is CNCC(=O)N[C@H](C)C1CCCCCC1. The van der Waals surface area contributed by atoms with Gasteiger partial charge >= 0.3 is 0 Å². The Labute approximate surface area is 93.0 Å². The highest BCUT2D eigenvalue weighted by molar-refractivity contribution is 5.78. The molecule has 1 aliphatic rings. The summed E-state index contributed by atoms with van der Waals surface area (Å²) in [7, 11) is 1.80. The van der Waals surface area contributed by atoms with Crippen LogP contribution in [0.5, 0.6) is 0 Å². The quantitative estimate of drug-likeness (QED) is 0.696. The third kappa shape index (κ3) is 4.65.